The number of anilines is 1. The fourth-order valence-electron chi connectivity index (χ4n) is 2.51. The highest BCUT2D eigenvalue weighted by Gasteiger charge is 2.16. The maximum Gasteiger partial charge on any atom is 0.287 e. The number of hydrogen-bond acceptors (Lipinski definition) is 4. The van der Waals surface area contributed by atoms with E-state index in [4.69, 9.17) is 16.0 Å². The van der Waals surface area contributed by atoms with Gasteiger partial charge in [0, 0.05) is 17.5 Å². The number of nitrogens with zero attached hydrogens (tertiary/aromatic N) is 2. The first-order valence-electron chi connectivity index (χ1n) is 7.62. The Labute approximate surface area is 148 Å². The predicted molar refractivity (Wildman–Crippen MR) is 94.9 cm³/mol. The van der Waals surface area contributed by atoms with Crippen LogP contribution in [0, 0.1) is 13.8 Å². The van der Waals surface area contributed by atoms with Gasteiger partial charge in [-0.25, -0.2) is 0 Å². The number of aryl methyl sites for hydroxylation is 2. The van der Waals surface area contributed by atoms with E-state index in [9.17, 15) is 9.59 Å². The molecule has 2 aromatic heterocycles. The van der Waals surface area contributed by atoms with Crippen LogP contribution in [0.5, 0.6) is 0 Å². The second-order valence-electron chi connectivity index (χ2n) is 5.69. The van der Waals surface area contributed by atoms with Crippen molar-refractivity contribution in [3.8, 4) is 0 Å². The first-order chi connectivity index (χ1) is 11.8. The molecule has 0 atom stereocenters. The molecule has 0 aliphatic carbocycles. The molecule has 3 aromatic rings. The lowest BCUT2D eigenvalue weighted by molar-refractivity contribution is -0.115. The van der Waals surface area contributed by atoms with Gasteiger partial charge in [-0.05, 0) is 38.1 Å². The van der Waals surface area contributed by atoms with E-state index in [2.05, 4.69) is 15.7 Å². The summed E-state index contributed by atoms with van der Waals surface area (Å²) in [5.74, 6) is -0.687. The molecule has 2 N–H and O–H groups in total. The van der Waals surface area contributed by atoms with Crippen LogP contribution in [0.4, 0.5) is 5.69 Å². The number of aromatic nitrogens is 2. The fourth-order valence-corrected chi connectivity index (χ4v) is 2.69. The molecular formula is C17H17ClN4O3. The van der Waals surface area contributed by atoms with Crippen molar-refractivity contribution in [1.29, 1.82) is 0 Å². The van der Waals surface area contributed by atoms with Crippen LogP contribution in [-0.2, 0) is 11.8 Å². The van der Waals surface area contributed by atoms with Gasteiger partial charge in [-0.3, -0.25) is 14.3 Å². The number of rotatable bonds is 4. The van der Waals surface area contributed by atoms with Crippen LogP contribution in [-0.4, -0.2) is 28.1 Å². The molecule has 8 heteroatoms. The van der Waals surface area contributed by atoms with Crippen molar-refractivity contribution in [3.63, 3.8) is 0 Å². The third-order valence-corrected chi connectivity index (χ3v) is 4.12. The summed E-state index contributed by atoms with van der Waals surface area (Å²) >= 11 is 5.91. The summed E-state index contributed by atoms with van der Waals surface area (Å²) < 4.78 is 7.14. The Hall–Kier alpha value is -2.80. The molecule has 0 unspecified atom stereocenters. The summed E-state index contributed by atoms with van der Waals surface area (Å²) in [4.78, 5) is 24.2. The summed E-state index contributed by atoms with van der Waals surface area (Å²) in [6.45, 7) is 3.48. The molecule has 0 aliphatic rings. The molecule has 7 nitrogen and oxygen atoms in total. The topological polar surface area (TPSA) is 89.2 Å². The van der Waals surface area contributed by atoms with Gasteiger partial charge in [0.15, 0.2) is 5.76 Å². The molecule has 3 rings (SSSR count). The van der Waals surface area contributed by atoms with Crippen molar-refractivity contribution in [2.45, 2.75) is 13.8 Å². The van der Waals surface area contributed by atoms with Crippen LogP contribution in [0.25, 0.3) is 11.0 Å². The molecular weight excluding hydrogens is 344 g/mol. The van der Waals surface area contributed by atoms with E-state index in [0.29, 0.717) is 22.0 Å². The number of halogens is 1. The van der Waals surface area contributed by atoms with Gasteiger partial charge in [0.1, 0.15) is 5.58 Å². The van der Waals surface area contributed by atoms with E-state index in [1.807, 2.05) is 6.92 Å². The van der Waals surface area contributed by atoms with Gasteiger partial charge >= 0.3 is 0 Å². The van der Waals surface area contributed by atoms with Gasteiger partial charge in [-0.1, -0.05) is 11.6 Å². The van der Waals surface area contributed by atoms with Gasteiger partial charge in [0.2, 0.25) is 5.91 Å². The molecule has 1 aromatic carbocycles. The molecule has 25 heavy (non-hydrogen) atoms. The monoisotopic (exact) mass is 360 g/mol. The van der Waals surface area contributed by atoms with Gasteiger partial charge in [0.05, 0.1) is 23.6 Å². The first-order valence-corrected chi connectivity index (χ1v) is 8.00. The molecule has 0 fully saturated rings. The molecule has 2 amide bonds. The Kier molecular flexibility index (Phi) is 4.50. The predicted octanol–water partition coefficient (Wildman–Crippen LogP) is 2.81. The second-order valence-corrected chi connectivity index (χ2v) is 6.13. The number of nitrogens with one attached hydrogen (secondary N) is 2. The Balaban J connectivity index is 1.63. The summed E-state index contributed by atoms with van der Waals surface area (Å²) in [5, 5.41) is 10.8. The Morgan fingerprint density at radius 3 is 2.72 bits per heavy atom. The standard InChI is InChI=1S/C17H17ClN4O3/c1-9-16(10(2)22(3)21-9)20-15(23)8-19-17(24)14-7-11-6-12(18)4-5-13(11)25-14/h4-7H,8H2,1-3H3,(H,19,24)(H,20,23). The zero-order valence-corrected chi connectivity index (χ0v) is 14.8. The fraction of sp³-hybridized carbons (Fsp3) is 0.235. The maximum atomic E-state index is 12.2. The third-order valence-electron chi connectivity index (χ3n) is 3.89. The third kappa shape index (κ3) is 3.51. The Morgan fingerprint density at radius 2 is 2.04 bits per heavy atom. The van der Waals surface area contributed by atoms with Crippen molar-refractivity contribution >= 4 is 40.1 Å². The number of carbonyl (C=O) groups excluding carboxylic acids is 2. The quantitative estimate of drug-likeness (QED) is 0.748. The summed E-state index contributed by atoms with van der Waals surface area (Å²) in [6, 6.07) is 6.66. The lowest BCUT2D eigenvalue weighted by Crippen LogP contribution is -2.32. The minimum absolute atomic E-state index is 0.124. The number of benzene rings is 1. The molecule has 2 heterocycles. The van der Waals surface area contributed by atoms with Crippen LogP contribution in [0.2, 0.25) is 5.02 Å². The number of hydrogen-bond donors (Lipinski definition) is 2. The molecule has 0 saturated carbocycles. The summed E-state index contributed by atoms with van der Waals surface area (Å²) in [5.41, 5.74) is 2.76. The van der Waals surface area contributed by atoms with Gasteiger partial charge in [-0.2, -0.15) is 5.10 Å². The number of furan rings is 1. The minimum atomic E-state index is -0.470. The van der Waals surface area contributed by atoms with Crippen molar-refractivity contribution in [3.05, 3.63) is 46.4 Å². The Bertz CT molecular complexity index is 974. The van der Waals surface area contributed by atoms with E-state index >= 15 is 0 Å². The summed E-state index contributed by atoms with van der Waals surface area (Å²) in [6.07, 6.45) is 0. The van der Waals surface area contributed by atoms with Gasteiger partial charge < -0.3 is 15.1 Å². The van der Waals surface area contributed by atoms with Crippen LogP contribution in [0.3, 0.4) is 0 Å². The molecule has 0 radical (unpaired) electrons. The molecule has 0 saturated heterocycles. The van der Waals surface area contributed by atoms with Crippen molar-refractivity contribution in [2.75, 3.05) is 11.9 Å². The second kappa shape index (κ2) is 6.60. The van der Waals surface area contributed by atoms with E-state index in [1.165, 1.54) is 0 Å². The average molecular weight is 361 g/mol. The maximum absolute atomic E-state index is 12.2. The Morgan fingerprint density at radius 1 is 1.28 bits per heavy atom. The van der Waals surface area contributed by atoms with E-state index in [1.54, 1.807) is 42.9 Å². The van der Waals surface area contributed by atoms with Crippen LogP contribution >= 0.6 is 11.6 Å². The average Bonchev–Trinajstić information content (AvgIpc) is 3.08. The number of carbonyl (C=O) groups is 2. The van der Waals surface area contributed by atoms with Crippen molar-refractivity contribution in [2.24, 2.45) is 7.05 Å². The first kappa shape index (κ1) is 17.0. The van der Waals surface area contributed by atoms with Crippen LogP contribution in [0.1, 0.15) is 21.9 Å². The van der Waals surface area contributed by atoms with E-state index in [-0.39, 0.29) is 18.2 Å². The summed E-state index contributed by atoms with van der Waals surface area (Å²) in [7, 11) is 1.80. The van der Waals surface area contributed by atoms with Crippen molar-refractivity contribution < 1.29 is 14.0 Å². The number of fused-ring (bicyclic) bond motifs is 1. The largest absolute Gasteiger partial charge is 0.451 e. The van der Waals surface area contributed by atoms with Crippen LogP contribution < -0.4 is 10.6 Å². The highest BCUT2D eigenvalue weighted by atomic mass is 35.5. The van der Waals surface area contributed by atoms with Crippen molar-refractivity contribution in [1.82, 2.24) is 15.1 Å². The lowest BCUT2D eigenvalue weighted by atomic mass is 10.2. The number of amides is 2. The zero-order chi connectivity index (χ0) is 18.1. The smallest absolute Gasteiger partial charge is 0.287 e. The highest BCUT2D eigenvalue weighted by molar-refractivity contribution is 6.31. The van der Waals surface area contributed by atoms with E-state index < -0.39 is 5.91 Å². The zero-order valence-electron chi connectivity index (χ0n) is 14.0. The molecule has 0 bridgehead atoms. The van der Waals surface area contributed by atoms with Crippen LogP contribution in [0.15, 0.2) is 28.7 Å². The molecule has 0 aliphatic heterocycles. The van der Waals surface area contributed by atoms with E-state index in [0.717, 1.165) is 11.1 Å². The SMILES string of the molecule is Cc1nn(C)c(C)c1NC(=O)CNC(=O)c1cc2cc(Cl)ccc2o1. The molecule has 0 spiro atoms. The van der Waals surface area contributed by atoms with Gasteiger partial charge in [0.25, 0.3) is 5.91 Å². The van der Waals surface area contributed by atoms with Gasteiger partial charge in [-0.15, -0.1) is 0 Å². The lowest BCUT2D eigenvalue weighted by Gasteiger charge is -2.06. The highest BCUT2D eigenvalue weighted by Crippen LogP contribution is 2.23. The normalized spacial score (nSPS) is 10.9. The molecule has 130 valence electrons. The minimum Gasteiger partial charge on any atom is -0.451 e.